The van der Waals surface area contributed by atoms with Crippen molar-refractivity contribution in [3.63, 3.8) is 0 Å². The molecule has 0 amide bonds. The second-order valence-electron chi connectivity index (χ2n) is 5.69. The van der Waals surface area contributed by atoms with Crippen molar-refractivity contribution in [2.24, 2.45) is 5.92 Å². The van der Waals surface area contributed by atoms with E-state index in [2.05, 4.69) is 26.1 Å². The van der Waals surface area contributed by atoms with Gasteiger partial charge in [0.2, 0.25) is 0 Å². The second kappa shape index (κ2) is 6.18. The Morgan fingerprint density at radius 3 is 2.60 bits per heavy atom. The molecule has 0 aliphatic rings. The highest BCUT2D eigenvalue weighted by Crippen LogP contribution is 2.11. The SMILES string of the molecule is CCn1c([C@H](C)[NH2+]CC(C)C)nc2ccccc2c1=O. The van der Waals surface area contributed by atoms with E-state index in [4.69, 9.17) is 4.98 Å². The van der Waals surface area contributed by atoms with Gasteiger partial charge in [-0.25, -0.2) is 4.98 Å². The molecule has 2 N–H and O–H groups in total. The Hall–Kier alpha value is -1.68. The van der Waals surface area contributed by atoms with Crippen LogP contribution in [0.2, 0.25) is 0 Å². The van der Waals surface area contributed by atoms with Gasteiger partial charge in [0.05, 0.1) is 17.4 Å². The van der Waals surface area contributed by atoms with Gasteiger partial charge >= 0.3 is 0 Å². The summed E-state index contributed by atoms with van der Waals surface area (Å²) in [5, 5.41) is 2.96. The zero-order chi connectivity index (χ0) is 14.7. The van der Waals surface area contributed by atoms with Crippen LogP contribution in [0, 0.1) is 5.92 Å². The summed E-state index contributed by atoms with van der Waals surface area (Å²) in [6.07, 6.45) is 0. The highest BCUT2D eigenvalue weighted by molar-refractivity contribution is 5.77. The minimum absolute atomic E-state index is 0.0675. The third-order valence-electron chi connectivity index (χ3n) is 3.58. The van der Waals surface area contributed by atoms with Crippen LogP contribution in [-0.4, -0.2) is 16.1 Å². The molecule has 0 spiro atoms. The smallest absolute Gasteiger partial charge is 0.261 e. The van der Waals surface area contributed by atoms with Crippen LogP contribution in [0.15, 0.2) is 29.1 Å². The molecule has 1 atom stereocenters. The quantitative estimate of drug-likeness (QED) is 0.902. The van der Waals surface area contributed by atoms with Gasteiger partial charge in [0.1, 0.15) is 6.04 Å². The van der Waals surface area contributed by atoms with Crippen LogP contribution in [0.3, 0.4) is 0 Å². The highest BCUT2D eigenvalue weighted by atomic mass is 16.1. The molecule has 1 aromatic carbocycles. The monoisotopic (exact) mass is 274 g/mol. The number of nitrogens with two attached hydrogens (primary N) is 1. The maximum Gasteiger partial charge on any atom is 0.261 e. The van der Waals surface area contributed by atoms with E-state index in [9.17, 15) is 4.79 Å². The van der Waals surface area contributed by atoms with Gasteiger partial charge in [0, 0.05) is 12.5 Å². The van der Waals surface area contributed by atoms with Crippen molar-refractivity contribution in [3.8, 4) is 0 Å². The van der Waals surface area contributed by atoms with Crippen LogP contribution < -0.4 is 10.9 Å². The first-order chi connectivity index (χ1) is 9.54. The molecule has 1 heterocycles. The van der Waals surface area contributed by atoms with Crippen LogP contribution in [-0.2, 0) is 6.54 Å². The number of fused-ring (bicyclic) bond motifs is 1. The van der Waals surface area contributed by atoms with Gasteiger partial charge in [-0.1, -0.05) is 26.0 Å². The van der Waals surface area contributed by atoms with Gasteiger partial charge in [0.15, 0.2) is 5.82 Å². The molecule has 0 aliphatic heterocycles. The van der Waals surface area contributed by atoms with E-state index in [-0.39, 0.29) is 11.6 Å². The van der Waals surface area contributed by atoms with Crippen molar-refractivity contribution in [1.82, 2.24) is 9.55 Å². The standard InChI is InChI=1S/C16H23N3O/c1-5-19-15(12(4)17-10-11(2)3)18-14-9-7-6-8-13(14)16(19)20/h6-9,11-12,17H,5,10H2,1-4H3/p+1/t12-/m0/s1. The average Bonchev–Trinajstić information content (AvgIpc) is 2.44. The first-order valence-electron chi connectivity index (χ1n) is 7.37. The number of para-hydroxylation sites is 1. The Morgan fingerprint density at radius 1 is 1.25 bits per heavy atom. The lowest BCUT2D eigenvalue weighted by atomic mass is 10.2. The van der Waals surface area contributed by atoms with Crippen LogP contribution in [0.5, 0.6) is 0 Å². The number of hydrogen-bond acceptors (Lipinski definition) is 2. The molecule has 1 aromatic heterocycles. The lowest BCUT2D eigenvalue weighted by molar-refractivity contribution is -0.698. The Balaban J connectivity index is 2.49. The van der Waals surface area contributed by atoms with Crippen molar-refractivity contribution < 1.29 is 5.32 Å². The number of rotatable bonds is 5. The van der Waals surface area contributed by atoms with E-state index in [1.807, 2.05) is 31.2 Å². The molecule has 0 aliphatic carbocycles. The molecule has 20 heavy (non-hydrogen) atoms. The molecule has 0 bridgehead atoms. The van der Waals surface area contributed by atoms with E-state index in [0.29, 0.717) is 17.8 Å². The molecule has 4 heteroatoms. The van der Waals surface area contributed by atoms with Gasteiger partial charge < -0.3 is 5.32 Å². The zero-order valence-corrected chi connectivity index (χ0v) is 12.8. The third-order valence-corrected chi connectivity index (χ3v) is 3.58. The molecule has 0 fully saturated rings. The van der Waals surface area contributed by atoms with Crippen molar-refractivity contribution in [1.29, 1.82) is 0 Å². The average molecular weight is 274 g/mol. The predicted octanol–water partition coefficient (Wildman–Crippen LogP) is 1.70. The molecule has 0 saturated heterocycles. The Morgan fingerprint density at radius 2 is 1.95 bits per heavy atom. The minimum atomic E-state index is 0.0675. The van der Waals surface area contributed by atoms with Crippen molar-refractivity contribution in [3.05, 3.63) is 40.4 Å². The first-order valence-corrected chi connectivity index (χ1v) is 7.37. The van der Waals surface area contributed by atoms with Crippen molar-refractivity contribution >= 4 is 10.9 Å². The van der Waals surface area contributed by atoms with E-state index in [0.717, 1.165) is 17.9 Å². The fraction of sp³-hybridized carbons (Fsp3) is 0.500. The lowest BCUT2D eigenvalue weighted by Crippen LogP contribution is -2.86. The Bertz CT molecular complexity index is 646. The summed E-state index contributed by atoms with van der Waals surface area (Å²) in [5.41, 5.74) is 0.861. The number of hydrogen-bond donors (Lipinski definition) is 1. The summed E-state index contributed by atoms with van der Waals surface area (Å²) in [5.74, 6) is 1.50. The molecule has 4 nitrogen and oxygen atoms in total. The van der Waals surface area contributed by atoms with E-state index >= 15 is 0 Å². The topological polar surface area (TPSA) is 51.5 Å². The fourth-order valence-corrected chi connectivity index (χ4v) is 2.42. The molecule has 0 unspecified atom stereocenters. The summed E-state index contributed by atoms with van der Waals surface area (Å²) in [6.45, 7) is 10.2. The molecule has 0 saturated carbocycles. The fourth-order valence-electron chi connectivity index (χ4n) is 2.42. The number of quaternary nitrogens is 1. The molecular formula is C16H24N3O+. The highest BCUT2D eigenvalue weighted by Gasteiger charge is 2.18. The first kappa shape index (κ1) is 14.7. The van der Waals surface area contributed by atoms with Crippen molar-refractivity contribution in [2.75, 3.05) is 6.54 Å². The lowest BCUT2D eigenvalue weighted by Gasteiger charge is -2.17. The minimum Gasteiger partial charge on any atom is -0.338 e. The van der Waals surface area contributed by atoms with Crippen LogP contribution in [0.25, 0.3) is 10.9 Å². The number of aromatic nitrogens is 2. The molecule has 2 aromatic rings. The molecule has 108 valence electrons. The summed E-state index contributed by atoms with van der Waals surface area (Å²) >= 11 is 0. The summed E-state index contributed by atoms with van der Waals surface area (Å²) in [7, 11) is 0. The molecular weight excluding hydrogens is 250 g/mol. The van der Waals surface area contributed by atoms with E-state index in [1.165, 1.54) is 0 Å². The van der Waals surface area contributed by atoms with Gasteiger partial charge in [-0.3, -0.25) is 9.36 Å². The van der Waals surface area contributed by atoms with E-state index in [1.54, 1.807) is 4.57 Å². The van der Waals surface area contributed by atoms with Gasteiger partial charge in [-0.05, 0) is 26.0 Å². The zero-order valence-electron chi connectivity index (χ0n) is 12.8. The van der Waals surface area contributed by atoms with E-state index < -0.39 is 0 Å². The second-order valence-corrected chi connectivity index (χ2v) is 5.69. The van der Waals surface area contributed by atoms with Gasteiger partial charge in [-0.2, -0.15) is 0 Å². The number of nitrogens with zero attached hydrogens (tertiary/aromatic N) is 2. The largest absolute Gasteiger partial charge is 0.338 e. The van der Waals surface area contributed by atoms with Crippen molar-refractivity contribution in [2.45, 2.75) is 40.3 Å². The summed E-state index contributed by atoms with van der Waals surface area (Å²) in [4.78, 5) is 17.2. The maximum absolute atomic E-state index is 12.5. The summed E-state index contributed by atoms with van der Waals surface area (Å²) in [6, 6.07) is 7.77. The van der Waals surface area contributed by atoms with Gasteiger partial charge in [-0.15, -0.1) is 0 Å². The number of benzene rings is 1. The van der Waals surface area contributed by atoms with Crippen LogP contribution >= 0.6 is 0 Å². The Labute approximate surface area is 119 Å². The maximum atomic E-state index is 12.5. The van der Waals surface area contributed by atoms with Crippen LogP contribution in [0.1, 0.15) is 39.6 Å². The normalized spacial score (nSPS) is 13.1. The van der Waals surface area contributed by atoms with Gasteiger partial charge in [0.25, 0.3) is 5.56 Å². The Kier molecular flexibility index (Phi) is 4.55. The molecule has 0 radical (unpaired) electrons. The third kappa shape index (κ3) is 2.90. The summed E-state index contributed by atoms with van der Waals surface area (Å²) < 4.78 is 1.80. The van der Waals surface area contributed by atoms with Crippen LogP contribution in [0.4, 0.5) is 0 Å². The predicted molar refractivity (Wildman–Crippen MR) is 81.7 cm³/mol. The molecule has 2 rings (SSSR count).